The number of rotatable bonds is 4. The Balaban J connectivity index is 2.26. The molecule has 0 bridgehead atoms. The predicted molar refractivity (Wildman–Crippen MR) is 73.1 cm³/mol. The first-order chi connectivity index (χ1) is 9.90. The molecule has 1 aromatic carbocycles. The molecule has 0 N–H and O–H groups in total. The molecule has 2 rings (SSSR count). The maximum Gasteiger partial charge on any atom is 0.307 e. The first-order valence-electron chi connectivity index (χ1n) is 5.81. The van der Waals surface area contributed by atoms with Crippen molar-refractivity contribution in [2.45, 2.75) is 6.54 Å². The van der Waals surface area contributed by atoms with Gasteiger partial charge in [-0.3, -0.25) is 14.9 Å². The van der Waals surface area contributed by atoms with E-state index in [1.54, 1.807) is 6.07 Å². The third kappa shape index (κ3) is 3.22. The Labute approximate surface area is 122 Å². The van der Waals surface area contributed by atoms with Crippen molar-refractivity contribution in [3.05, 3.63) is 61.8 Å². The summed E-state index contributed by atoms with van der Waals surface area (Å²) in [7, 11) is 1.45. The van der Waals surface area contributed by atoms with Gasteiger partial charge in [0.05, 0.1) is 23.1 Å². The molecule has 0 aliphatic heterocycles. The Morgan fingerprint density at radius 2 is 2.10 bits per heavy atom. The summed E-state index contributed by atoms with van der Waals surface area (Å²) in [6.45, 7) is 0.245. The van der Waals surface area contributed by atoms with Gasteiger partial charge in [0, 0.05) is 11.9 Å². The van der Waals surface area contributed by atoms with Crippen LogP contribution in [0.2, 0.25) is 0 Å². The minimum absolute atomic E-state index is 0.245. The minimum atomic E-state index is -1.24. The van der Waals surface area contributed by atoms with E-state index in [4.69, 9.17) is 0 Å². The SMILES string of the molecule is CN(Cc1cccs1)C(=O)c1cc(F)c([N+](=O)[O-])cc1F. The molecule has 21 heavy (non-hydrogen) atoms. The molecule has 110 valence electrons. The zero-order valence-corrected chi connectivity index (χ0v) is 11.7. The third-order valence-corrected chi connectivity index (χ3v) is 3.64. The van der Waals surface area contributed by atoms with Gasteiger partial charge in [-0.05, 0) is 17.5 Å². The molecule has 0 aliphatic carbocycles. The maximum absolute atomic E-state index is 13.8. The van der Waals surface area contributed by atoms with Gasteiger partial charge in [0.25, 0.3) is 5.91 Å². The van der Waals surface area contributed by atoms with Crippen LogP contribution in [0.15, 0.2) is 29.6 Å². The van der Waals surface area contributed by atoms with E-state index in [2.05, 4.69) is 0 Å². The Bertz CT molecular complexity index is 689. The van der Waals surface area contributed by atoms with E-state index >= 15 is 0 Å². The second kappa shape index (κ2) is 5.96. The van der Waals surface area contributed by atoms with Crippen LogP contribution >= 0.6 is 11.3 Å². The van der Waals surface area contributed by atoms with Crippen molar-refractivity contribution < 1.29 is 18.5 Å². The number of halogens is 2. The highest BCUT2D eigenvalue weighted by atomic mass is 32.1. The van der Waals surface area contributed by atoms with Gasteiger partial charge in [0.2, 0.25) is 5.82 Å². The van der Waals surface area contributed by atoms with Crippen LogP contribution in [0.5, 0.6) is 0 Å². The van der Waals surface area contributed by atoms with Crippen LogP contribution in [0.3, 0.4) is 0 Å². The maximum atomic E-state index is 13.8. The highest BCUT2D eigenvalue weighted by Crippen LogP contribution is 2.23. The van der Waals surface area contributed by atoms with Gasteiger partial charge in [-0.25, -0.2) is 4.39 Å². The van der Waals surface area contributed by atoms with Crippen molar-refractivity contribution in [2.75, 3.05) is 7.05 Å². The quantitative estimate of drug-likeness (QED) is 0.643. The van der Waals surface area contributed by atoms with Crippen LogP contribution in [-0.4, -0.2) is 22.8 Å². The van der Waals surface area contributed by atoms with Gasteiger partial charge >= 0.3 is 5.69 Å². The number of hydrogen-bond acceptors (Lipinski definition) is 4. The normalized spacial score (nSPS) is 10.4. The van der Waals surface area contributed by atoms with Crippen molar-refractivity contribution in [2.24, 2.45) is 0 Å². The lowest BCUT2D eigenvalue weighted by atomic mass is 10.1. The molecular formula is C13H10F2N2O3S. The molecule has 0 atom stereocenters. The van der Waals surface area contributed by atoms with E-state index in [1.165, 1.54) is 23.3 Å². The summed E-state index contributed by atoms with van der Waals surface area (Å²) >= 11 is 1.43. The lowest BCUT2D eigenvalue weighted by Crippen LogP contribution is -2.27. The Hall–Kier alpha value is -2.35. The smallest absolute Gasteiger partial charge is 0.307 e. The average Bonchev–Trinajstić information content (AvgIpc) is 2.92. The monoisotopic (exact) mass is 312 g/mol. The molecule has 2 aromatic rings. The van der Waals surface area contributed by atoms with Crippen molar-refractivity contribution in [3.8, 4) is 0 Å². The fourth-order valence-corrected chi connectivity index (χ4v) is 2.51. The first-order valence-corrected chi connectivity index (χ1v) is 6.69. The Kier molecular flexibility index (Phi) is 4.27. The number of nitrogens with zero attached hydrogens (tertiary/aromatic N) is 2. The largest absolute Gasteiger partial charge is 0.336 e. The molecule has 0 unspecified atom stereocenters. The number of nitro benzene ring substituents is 1. The fraction of sp³-hybridized carbons (Fsp3) is 0.154. The van der Waals surface area contributed by atoms with Gasteiger partial charge in [0.1, 0.15) is 5.82 Å². The number of benzene rings is 1. The van der Waals surface area contributed by atoms with Crippen LogP contribution in [0.4, 0.5) is 14.5 Å². The summed E-state index contributed by atoms with van der Waals surface area (Å²) in [6, 6.07) is 4.59. The van der Waals surface area contributed by atoms with Gasteiger partial charge in [-0.1, -0.05) is 6.07 Å². The molecule has 0 saturated carbocycles. The molecular weight excluding hydrogens is 302 g/mol. The van der Waals surface area contributed by atoms with E-state index in [0.717, 1.165) is 4.88 Å². The lowest BCUT2D eigenvalue weighted by Gasteiger charge is -2.16. The summed E-state index contributed by atoms with van der Waals surface area (Å²) < 4.78 is 27.3. The van der Waals surface area contributed by atoms with Gasteiger partial charge in [0.15, 0.2) is 0 Å². The molecule has 1 aromatic heterocycles. The standard InChI is InChI=1S/C13H10F2N2O3S/c1-16(7-8-3-2-4-21-8)13(18)9-5-11(15)12(17(19)20)6-10(9)14/h2-6H,7H2,1H3. The highest BCUT2D eigenvalue weighted by Gasteiger charge is 2.24. The van der Waals surface area contributed by atoms with Crippen molar-refractivity contribution in [3.63, 3.8) is 0 Å². The molecule has 0 aliphatic rings. The average molecular weight is 312 g/mol. The van der Waals surface area contributed by atoms with Crippen LogP contribution in [0.25, 0.3) is 0 Å². The zero-order valence-electron chi connectivity index (χ0n) is 10.9. The number of amides is 1. The van der Waals surface area contributed by atoms with Crippen LogP contribution < -0.4 is 0 Å². The number of hydrogen-bond donors (Lipinski definition) is 0. The molecule has 0 fully saturated rings. The Morgan fingerprint density at radius 3 is 2.67 bits per heavy atom. The van der Waals surface area contributed by atoms with Gasteiger partial charge < -0.3 is 4.90 Å². The highest BCUT2D eigenvalue weighted by molar-refractivity contribution is 7.09. The van der Waals surface area contributed by atoms with Crippen molar-refractivity contribution >= 4 is 22.9 Å². The second-order valence-electron chi connectivity index (χ2n) is 4.28. The van der Waals surface area contributed by atoms with Gasteiger partial charge in [-0.2, -0.15) is 4.39 Å². The fourth-order valence-electron chi connectivity index (χ4n) is 1.75. The van der Waals surface area contributed by atoms with Crippen molar-refractivity contribution in [1.29, 1.82) is 0 Å². The Morgan fingerprint density at radius 1 is 1.38 bits per heavy atom. The number of nitro groups is 1. The lowest BCUT2D eigenvalue weighted by molar-refractivity contribution is -0.387. The summed E-state index contributed by atoms with van der Waals surface area (Å²) in [4.78, 5) is 23.6. The van der Waals surface area contributed by atoms with E-state index in [1.807, 2.05) is 11.4 Å². The van der Waals surface area contributed by atoms with Crippen LogP contribution in [-0.2, 0) is 6.54 Å². The predicted octanol–water partition coefficient (Wildman–Crippen LogP) is 3.21. The third-order valence-electron chi connectivity index (χ3n) is 2.78. The van der Waals surface area contributed by atoms with Crippen LogP contribution in [0.1, 0.15) is 15.2 Å². The summed E-state index contributed by atoms with van der Waals surface area (Å²) in [5.41, 5.74) is -1.53. The summed E-state index contributed by atoms with van der Waals surface area (Å²) in [5, 5.41) is 12.3. The van der Waals surface area contributed by atoms with E-state index in [0.29, 0.717) is 12.1 Å². The summed E-state index contributed by atoms with van der Waals surface area (Å²) in [6.07, 6.45) is 0. The molecule has 5 nitrogen and oxygen atoms in total. The number of thiophene rings is 1. The minimum Gasteiger partial charge on any atom is -0.336 e. The van der Waals surface area contributed by atoms with Gasteiger partial charge in [-0.15, -0.1) is 11.3 Å². The zero-order chi connectivity index (χ0) is 15.6. The molecule has 1 heterocycles. The molecule has 8 heteroatoms. The molecule has 0 saturated heterocycles. The first kappa shape index (κ1) is 15.0. The molecule has 0 radical (unpaired) electrons. The molecule has 1 amide bonds. The topological polar surface area (TPSA) is 63.5 Å². The van der Waals surface area contributed by atoms with E-state index in [-0.39, 0.29) is 6.54 Å². The molecule has 0 spiro atoms. The van der Waals surface area contributed by atoms with Crippen molar-refractivity contribution in [1.82, 2.24) is 4.90 Å². The number of carbonyl (C=O) groups excluding carboxylic acids is 1. The summed E-state index contributed by atoms with van der Waals surface area (Å²) in [5.74, 6) is -3.10. The van der Waals surface area contributed by atoms with E-state index < -0.39 is 33.7 Å². The van der Waals surface area contributed by atoms with E-state index in [9.17, 15) is 23.7 Å². The van der Waals surface area contributed by atoms with Crippen LogP contribution in [0, 0.1) is 21.7 Å². The number of carbonyl (C=O) groups is 1. The second-order valence-corrected chi connectivity index (χ2v) is 5.31.